The van der Waals surface area contributed by atoms with Gasteiger partial charge in [0.2, 0.25) is 5.89 Å². The van der Waals surface area contributed by atoms with Crippen molar-refractivity contribution in [1.29, 1.82) is 0 Å². The lowest BCUT2D eigenvalue weighted by Crippen LogP contribution is -2.44. The summed E-state index contributed by atoms with van der Waals surface area (Å²) in [5.74, 6) is -0.118. The van der Waals surface area contributed by atoms with Crippen molar-refractivity contribution in [2.75, 3.05) is 27.2 Å². The number of carbonyl (C=O) groups is 1. The van der Waals surface area contributed by atoms with Crippen LogP contribution in [0.2, 0.25) is 0 Å². The van der Waals surface area contributed by atoms with E-state index in [0.29, 0.717) is 30.4 Å². The molecule has 1 amide bonds. The lowest BCUT2D eigenvalue weighted by Gasteiger charge is -2.35. The Morgan fingerprint density at radius 1 is 1.03 bits per heavy atom. The third-order valence-corrected chi connectivity index (χ3v) is 6.93. The molecule has 3 heterocycles. The Morgan fingerprint density at radius 2 is 1.72 bits per heavy atom. The van der Waals surface area contributed by atoms with E-state index in [-0.39, 0.29) is 34.3 Å². The molecule has 5 rings (SSSR count). The minimum absolute atomic E-state index is 0.0147. The third kappa shape index (κ3) is 5.53. The number of aromatic nitrogens is 4. The van der Waals surface area contributed by atoms with Crippen molar-refractivity contribution in [3.05, 3.63) is 71.5 Å². The second kappa shape index (κ2) is 10.6. The van der Waals surface area contributed by atoms with Gasteiger partial charge in [0.1, 0.15) is 5.69 Å². The fourth-order valence-electron chi connectivity index (χ4n) is 4.70. The molecule has 1 aliphatic rings. The molecule has 2 aromatic heterocycles. The zero-order valence-electron chi connectivity index (χ0n) is 21.7. The smallest absolute Gasteiger partial charge is 0.415 e. The van der Waals surface area contributed by atoms with Crippen molar-refractivity contribution in [3.8, 4) is 34.3 Å². The fourth-order valence-corrected chi connectivity index (χ4v) is 4.70. The van der Waals surface area contributed by atoms with Crippen molar-refractivity contribution in [2.45, 2.75) is 32.0 Å². The standard InChI is InChI=1S/C28H27F3N6O2/c1-17-24(26-35-34-25(39-26)18-7-5-4-6-8-18)33-23(16-32-17)21-10-9-19(15-22(21)28(29,30)31)27(38)37-13-11-20(12-14-37)36(2)3/h4-10,15-16,20H,11-14H2,1-3H3. The number of hydrogen-bond donors (Lipinski definition) is 0. The Labute approximate surface area is 223 Å². The van der Waals surface area contributed by atoms with Crippen molar-refractivity contribution in [3.63, 3.8) is 0 Å². The van der Waals surface area contributed by atoms with E-state index in [1.54, 1.807) is 24.0 Å². The van der Waals surface area contributed by atoms with Gasteiger partial charge in [-0.25, -0.2) is 4.98 Å². The zero-order valence-corrected chi connectivity index (χ0v) is 21.7. The first-order valence-electron chi connectivity index (χ1n) is 12.5. The number of alkyl halides is 3. The van der Waals surface area contributed by atoms with E-state index in [1.165, 1.54) is 18.3 Å². The Balaban J connectivity index is 1.47. The second-order valence-corrected chi connectivity index (χ2v) is 9.71. The summed E-state index contributed by atoms with van der Waals surface area (Å²) in [6.45, 7) is 2.64. The average molecular weight is 537 g/mol. The van der Waals surface area contributed by atoms with Crippen LogP contribution >= 0.6 is 0 Å². The Morgan fingerprint density at radius 3 is 2.38 bits per heavy atom. The Bertz CT molecular complexity index is 1480. The number of nitrogens with zero attached hydrogens (tertiary/aromatic N) is 6. The van der Waals surface area contributed by atoms with Crippen LogP contribution in [0.1, 0.15) is 34.5 Å². The van der Waals surface area contributed by atoms with E-state index in [2.05, 4.69) is 25.1 Å². The highest BCUT2D eigenvalue weighted by molar-refractivity contribution is 5.95. The molecule has 39 heavy (non-hydrogen) atoms. The Kier molecular flexibility index (Phi) is 7.17. The minimum Gasteiger partial charge on any atom is -0.415 e. The van der Waals surface area contributed by atoms with Crippen LogP contribution in [-0.4, -0.2) is 69.1 Å². The van der Waals surface area contributed by atoms with Gasteiger partial charge < -0.3 is 14.2 Å². The molecule has 0 unspecified atom stereocenters. The molecule has 0 atom stereocenters. The third-order valence-electron chi connectivity index (χ3n) is 6.93. The summed E-state index contributed by atoms with van der Waals surface area (Å²) in [6.07, 6.45) is -1.91. The number of amides is 1. The maximum absolute atomic E-state index is 14.2. The van der Waals surface area contributed by atoms with Gasteiger partial charge in [-0.05, 0) is 58.1 Å². The van der Waals surface area contributed by atoms with Crippen LogP contribution in [-0.2, 0) is 6.18 Å². The first-order valence-corrected chi connectivity index (χ1v) is 12.5. The summed E-state index contributed by atoms with van der Waals surface area (Å²) in [5.41, 5.74) is 0.108. The topological polar surface area (TPSA) is 88.3 Å². The SMILES string of the molecule is Cc1ncc(-c2ccc(C(=O)N3CCC(N(C)C)CC3)cc2C(F)(F)F)nc1-c1nnc(-c2ccccc2)o1. The number of likely N-dealkylation sites (tertiary alicyclic amines) is 1. The lowest BCUT2D eigenvalue weighted by atomic mass is 9.98. The Hall–Kier alpha value is -4.12. The van der Waals surface area contributed by atoms with Gasteiger partial charge in [-0.2, -0.15) is 13.2 Å². The van der Waals surface area contributed by atoms with Crippen LogP contribution in [0.15, 0.2) is 59.1 Å². The molecule has 202 valence electrons. The highest BCUT2D eigenvalue weighted by Gasteiger charge is 2.36. The molecule has 0 N–H and O–H groups in total. The zero-order chi connectivity index (χ0) is 27.7. The summed E-state index contributed by atoms with van der Waals surface area (Å²) >= 11 is 0. The number of aryl methyl sites for hydroxylation is 1. The fraction of sp³-hybridized carbons (Fsp3) is 0.321. The molecule has 0 bridgehead atoms. The number of rotatable bonds is 5. The van der Waals surface area contributed by atoms with Gasteiger partial charge in [-0.3, -0.25) is 9.78 Å². The van der Waals surface area contributed by atoms with E-state index >= 15 is 0 Å². The molecule has 0 saturated carbocycles. The van der Waals surface area contributed by atoms with E-state index in [9.17, 15) is 18.0 Å². The van der Waals surface area contributed by atoms with Crippen LogP contribution < -0.4 is 0 Å². The van der Waals surface area contributed by atoms with Gasteiger partial charge in [-0.1, -0.05) is 24.3 Å². The molecule has 0 spiro atoms. The molecule has 1 fully saturated rings. The second-order valence-electron chi connectivity index (χ2n) is 9.71. The summed E-state index contributed by atoms with van der Waals surface area (Å²) in [6, 6.07) is 13.0. The van der Waals surface area contributed by atoms with Gasteiger partial charge in [-0.15, -0.1) is 10.2 Å². The minimum atomic E-state index is -4.72. The van der Waals surface area contributed by atoms with Crippen LogP contribution in [0.4, 0.5) is 13.2 Å². The van der Waals surface area contributed by atoms with Crippen molar-refractivity contribution in [1.82, 2.24) is 30.0 Å². The van der Waals surface area contributed by atoms with Gasteiger partial charge >= 0.3 is 6.18 Å². The first kappa shape index (κ1) is 26.5. The number of hydrogen-bond acceptors (Lipinski definition) is 7. The van der Waals surface area contributed by atoms with Gasteiger partial charge in [0, 0.05) is 35.8 Å². The molecule has 0 aliphatic carbocycles. The van der Waals surface area contributed by atoms with E-state index in [0.717, 1.165) is 18.9 Å². The highest BCUT2D eigenvalue weighted by Crippen LogP contribution is 2.38. The highest BCUT2D eigenvalue weighted by atomic mass is 19.4. The van der Waals surface area contributed by atoms with Crippen LogP contribution in [0.25, 0.3) is 34.3 Å². The van der Waals surface area contributed by atoms with Crippen LogP contribution in [0, 0.1) is 6.92 Å². The number of piperidine rings is 1. The average Bonchev–Trinajstić information content (AvgIpc) is 3.43. The normalized spacial score (nSPS) is 14.7. The van der Waals surface area contributed by atoms with Crippen LogP contribution in [0.3, 0.4) is 0 Å². The molecule has 1 aliphatic heterocycles. The molecular formula is C28H27F3N6O2. The quantitative estimate of drug-likeness (QED) is 0.340. The van der Waals surface area contributed by atoms with Gasteiger partial charge in [0.25, 0.3) is 11.8 Å². The van der Waals surface area contributed by atoms with Crippen molar-refractivity contribution < 1.29 is 22.4 Å². The van der Waals surface area contributed by atoms with Crippen molar-refractivity contribution in [2.24, 2.45) is 0 Å². The predicted octanol–water partition coefficient (Wildman–Crippen LogP) is 5.35. The summed E-state index contributed by atoms with van der Waals surface area (Å²) < 4.78 is 48.5. The van der Waals surface area contributed by atoms with Gasteiger partial charge in [0.15, 0.2) is 0 Å². The molecule has 2 aromatic carbocycles. The van der Waals surface area contributed by atoms with Crippen LogP contribution in [0.5, 0.6) is 0 Å². The predicted molar refractivity (Wildman–Crippen MR) is 139 cm³/mol. The van der Waals surface area contributed by atoms with Crippen molar-refractivity contribution >= 4 is 5.91 Å². The number of halogens is 3. The molecule has 4 aromatic rings. The van der Waals surface area contributed by atoms with Gasteiger partial charge in [0.05, 0.1) is 23.1 Å². The van der Waals surface area contributed by atoms with E-state index < -0.39 is 17.6 Å². The summed E-state index contributed by atoms with van der Waals surface area (Å²) in [7, 11) is 3.97. The molecule has 11 heteroatoms. The molecule has 0 radical (unpaired) electrons. The first-order chi connectivity index (χ1) is 18.6. The maximum Gasteiger partial charge on any atom is 0.417 e. The monoisotopic (exact) mass is 536 g/mol. The maximum atomic E-state index is 14.2. The number of carbonyl (C=O) groups excluding carboxylic acids is 1. The molecule has 8 nitrogen and oxygen atoms in total. The van der Waals surface area contributed by atoms with E-state index in [1.807, 2.05) is 32.3 Å². The molecule has 1 saturated heterocycles. The number of benzene rings is 2. The summed E-state index contributed by atoms with van der Waals surface area (Å²) in [5, 5.41) is 8.08. The van der Waals surface area contributed by atoms with E-state index in [4.69, 9.17) is 4.42 Å². The largest absolute Gasteiger partial charge is 0.417 e. The molecular weight excluding hydrogens is 509 g/mol. The lowest BCUT2D eigenvalue weighted by molar-refractivity contribution is -0.137. The summed E-state index contributed by atoms with van der Waals surface area (Å²) in [4.78, 5) is 25.5.